The lowest BCUT2D eigenvalue weighted by Crippen LogP contribution is -2.51. The quantitative estimate of drug-likeness (QED) is 0.593. The molecule has 5 nitrogen and oxygen atoms in total. The van der Waals surface area contributed by atoms with Crippen molar-refractivity contribution < 1.29 is 14.3 Å². The van der Waals surface area contributed by atoms with Crippen LogP contribution < -0.4 is 10.1 Å². The second-order valence-corrected chi connectivity index (χ2v) is 9.14. The van der Waals surface area contributed by atoms with Crippen LogP contribution in [-0.4, -0.2) is 35.4 Å². The lowest BCUT2D eigenvalue weighted by Gasteiger charge is -2.31. The van der Waals surface area contributed by atoms with Crippen molar-refractivity contribution in [3.63, 3.8) is 0 Å². The van der Waals surface area contributed by atoms with Gasteiger partial charge in [0, 0.05) is 17.6 Å². The maximum Gasteiger partial charge on any atom is 0.261 e. The molecule has 0 saturated heterocycles. The second-order valence-electron chi connectivity index (χ2n) is 8.71. The van der Waals surface area contributed by atoms with Gasteiger partial charge >= 0.3 is 0 Å². The van der Waals surface area contributed by atoms with E-state index < -0.39 is 6.04 Å². The molecule has 0 spiro atoms. The van der Waals surface area contributed by atoms with Gasteiger partial charge in [-0.3, -0.25) is 9.59 Å². The zero-order chi connectivity index (χ0) is 23.1. The Kier molecular flexibility index (Phi) is 8.57. The number of carbonyl (C=O) groups excluding carboxylic acids is 2. The molecular weight excluding hydrogens is 424 g/mol. The van der Waals surface area contributed by atoms with Crippen LogP contribution in [0.1, 0.15) is 55.7 Å². The maximum absolute atomic E-state index is 13.2. The predicted molar refractivity (Wildman–Crippen MR) is 128 cm³/mol. The zero-order valence-corrected chi connectivity index (χ0v) is 20.0. The van der Waals surface area contributed by atoms with Gasteiger partial charge < -0.3 is 15.0 Å². The highest BCUT2D eigenvalue weighted by atomic mass is 35.5. The molecule has 2 amide bonds. The molecule has 172 valence electrons. The van der Waals surface area contributed by atoms with Crippen LogP contribution in [0.5, 0.6) is 5.75 Å². The number of aryl methyl sites for hydroxylation is 2. The van der Waals surface area contributed by atoms with E-state index in [9.17, 15) is 9.59 Å². The Morgan fingerprint density at radius 2 is 1.84 bits per heavy atom. The molecule has 0 bridgehead atoms. The highest BCUT2D eigenvalue weighted by Crippen LogP contribution is 2.20. The number of ether oxygens (including phenoxy) is 1. The molecule has 3 rings (SSSR count). The summed E-state index contributed by atoms with van der Waals surface area (Å²) in [6, 6.07) is 12.7. The molecule has 0 aromatic heterocycles. The van der Waals surface area contributed by atoms with Gasteiger partial charge in [-0.1, -0.05) is 49.1 Å². The van der Waals surface area contributed by atoms with Gasteiger partial charge in [-0.2, -0.15) is 0 Å². The standard InChI is InChI=1S/C26H33ClN2O3/c1-18-12-13-24(14-19(18)2)32-17-25(30)29(16-21-8-7-9-22(27)15-21)20(3)26(31)28-23-10-5-4-6-11-23/h7-9,12-15,20,23H,4-6,10-11,16-17H2,1-3H3,(H,28,31)/t20-/m1/s1. The molecule has 1 aliphatic rings. The van der Waals surface area contributed by atoms with Crippen molar-refractivity contribution in [2.24, 2.45) is 0 Å². The zero-order valence-electron chi connectivity index (χ0n) is 19.2. The molecule has 1 saturated carbocycles. The Labute approximate surface area is 196 Å². The number of nitrogens with zero attached hydrogens (tertiary/aromatic N) is 1. The van der Waals surface area contributed by atoms with Gasteiger partial charge in [0.1, 0.15) is 11.8 Å². The van der Waals surface area contributed by atoms with Crippen molar-refractivity contribution in [3.8, 4) is 5.75 Å². The number of hydrogen-bond donors (Lipinski definition) is 1. The molecule has 0 aliphatic heterocycles. The minimum absolute atomic E-state index is 0.126. The summed E-state index contributed by atoms with van der Waals surface area (Å²) in [6.45, 7) is 5.96. The normalized spacial score (nSPS) is 15.1. The molecule has 1 atom stereocenters. The van der Waals surface area contributed by atoms with Crippen LogP contribution in [0, 0.1) is 13.8 Å². The molecule has 2 aromatic rings. The van der Waals surface area contributed by atoms with Gasteiger partial charge in [0.2, 0.25) is 5.91 Å². The fraction of sp³-hybridized carbons (Fsp3) is 0.462. The first-order valence-corrected chi connectivity index (χ1v) is 11.8. The van der Waals surface area contributed by atoms with E-state index in [4.69, 9.17) is 16.3 Å². The first kappa shape index (κ1) is 24.1. The molecule has 0 heterocycles. The van der Waals surface area contributed by atoms with E-state index in [-0.39, 0.29) is 31.0 Å². The van der Waals surface area contributed by atoms with Crippen molar-refractivity contribution in [3.05, 3.63) is 64.2 Å². The summed E-state index contributed by atoms with van der Waals surface area (Å²) < 4.78 is 5.78. The first-order chi connectivity index (χ1) is 15.3. The van der Waals surface area contributed by atoms with E-state index in [2.05, 4.69) is 5.32 Å². The van der Waals surface area contributed by atoms with E-state index >= 15 is 0 Å². The first-order valence-electron chi connectivity index (χ1n) is 11.4. The van der Waals surface area contributed by atoms with E-state index in [1.807, 2.05) is 50.2 Å². The number of amides is 2. The van der Waals surface area contributed by atoms with Crippen molar-refractivity contribution in [2.45, 2.75) is 71.5 Å². The number of rotatable bonds is 8. The predicted octanol–water partition coefficient (Wildman–Crippen LogP) is 5.20. The third-order valence-corrected chi connectivity index (χ3v) is 6.44. The van der Waals surface area contributed by atoms with Crippen LogP contribution in [-0.2, 0) is 16.1 Å². The van der Waals surface area contributed by atoms with Crippen molar-refractivity contribution in [1.29, 1.82) is 0 Å². The Balaban J connectivity index is 1.71. The molecule has 6 heteroatoms. The number of carbonyl (C=O) groups is 2. The Morgan fingerprint density at radius 3 is 2.53 bits per heavy atom. The maximum atomic E-state index is 13.2. The fourth-order valence-corrected chi connectivity index (χ4v) is 4.23. The monoisotopic (exact) mass is 456 g/mol. The van der Waals surface area contributed by atoms with Crippen LogP contribution in [0.4, 0.5) is 0 Å². The SMILES string of the molecule is Cc1ccc(OCC(=O)N(Cc2cccc(Cl)c2)[C@H](C)C(=O)NC2CCCCC2)cc1C. The molecular formula is C26H33ClN2O3. The van der Waals surface area contributed by atoms with Crippen molar-refractivity contribution in [2.75, 3.05) is 6.61 Å². The molecule has 32 heavy (non-hydrogen) atoms. The summed E-state index contributed by atoms with van der Waals surface area (Å²) in [4.78, 5) is 27.8. The average Bonchev–Trinajstić information content (AvgIpc) is 2.78. The van der Waals surface area contributed by atoms with Crippen LogP contribution in [0.2, 0.25) is 5.02 Å². The largest absolute Gasteiger partial charge is 0.484 e. The van der Waals surface area contributed by atoms with E-state index in [1.165, 1.54) is 12.0 Å². The summed E-state index contributed by atoms with van der Waals surface area (Å²) in [5.41, 5.74) is 3.14. The van der Waals surface area contributed by atoms with Gasteiger partial charge in [-0.25, -0.2) is 0 Å². The van der Waals surface area contributed by atoms with Crippen LogP contribution in [0.15, 0.2) is 42.5 Å². The smallest absolute Gasteiger partial charge is 0.261 e. The molecule has 0 radical (unpaired) electrons. The van der Waals surface area contributed by atoms with E-state index in [1.54, 1.807) is 17.9 Å². The summed E-state index contributed by atoms with van der Waals surface area (Å²) >= 11 is 6.14. The van der Waals surface area contributed by atoms with Gasteiger partial charge in [-0.15, -0.1) is 0 Å². The van der Waals surface area contributed by atoms with Gasteiger partial charge in [0.05, 0.1) is 0 Å². The second kappa shape index (κ2) is 11.4. The molecule has 2 aromatic carbocycles. The Bertz CT molecular complexity index is 940. The topological polar surface area (TPSA) is 58.6 Å². The summed E-state index contributed by atoms with van der Waals surface area (Å²) in [6.07, 6.45) is 5.48. The Morgan fingerprint density at radius 1 is 1.09 bits per heavy atom. The number of benzene rings is 2. The molecule has 0 unspecified atom stereocenters. The van der Waals surface area contributed by atoms with Crippen LogP contribution in [0.25, 0.3) is 0 Å². The number of halogens is 1. The van der Waals surface area contributed by atoms with Gasteiger partial charge in [0.15, 0.2) is 6.61 Å². The Hall–Kier alpha value is -2.53. The number of hydrogen-bond acceptors (Lipinski definition) is 3. The minimum atomic E-state index is -0.619. The van der Waals surface area contributed by atoms with E-state index in [0.717, 1.165) is 36.8 Å². The highest BCUT2D eigenvalue weighted by molar-refractivity contribution is 6.30. The van der Waals surface area contributed by atoms with Crippen molar-refractivity contribution in [1.82, 2.24) is 10.2 Å². The molecule has 1 aliphatic carbocycles. The average molecular weight is 457 g/mol. The van der Waals surface area contributed by atoms with E-state index in [0.29, 0.717) is 10.8 Å². The summed E-state index contributed by atoms with van der Waals surface area (Å²) in [7, 11) is 0. The van der Waals surface area contributed by atoms with Crippen LogP contribution >= 0.6 is 11.6 Å². The lowest BCUT2D eigenvalue weighted by atomic mass is 9.95. The van der Waals surface area contributed by atoms with Gasteiger partial charge in [-0.05, 0) is 74.6 Å². The van der Waals surface area contributed by atoms with Gasteiger partial charge in [0.25, 0.3) is 5.91 Å². The third kappa shape index (κ3) is 6.73. The summed E-state index contributed by atoms with van der Waals surface area (Å²) in [5.74, 6) is 0.274. The third-order valence-electron chi connectivity index (χ3n) is 6.20. The summed E-state index contributed by atoms with van der Waals surface area (Å²) in [5, 5.41) is 3.74. The highest BCUT2D eigenvalue weighted by Gasteiger charge is 2.28. The number of nitrogens with one attached hydrogen (secondary N) is 1. The molecule has 1 N–H and O–H groups in total. The molecule has 1 fully saturated rings. The van der Waals surface area contributed by atoms with Crippen LogP contribution in [0.3, 0.4) is 0 Å². The minimum Gasteiger partial charge on any atom is -0.484 e. The fourth-order valence-electron chi connectivity index (χ4n) is 4.02. The lowest BCUT2D eigenvalue weighted by molar-refractivity contribution is -0.142. The van der Waals surface area contributed by atoms with Crippen molar-refractivity contribution >= 4 is 23.4 Å².